The molecule has 0 atom stereocenters. The zero-order valence-corrected chi connectivity index (χ0v) is 8.45. The number of carboxylic acid groups (broad SMARTS) is 1. The number of aliphatic carboxylic acids is 1. The summed E-state index contributed by atoms with van der Waals surface area (Å²) in [5, 5.41) is 9.17. The molecular weight excluding hydrogens is 202 g/mol. The first-order valence-electron chi connectivity index (χ1n) is 4.19. The molecule has 0 spiro atoms. The Bertz CT molecular complexity index is 357. The molecule has 1 rings (SSSR count). The van der Waals surface area contributed by atoms with E-state index < -0.39 is 5.97 Å². The lowest BCUT2D eigenvalue weighted by Crippen LogP contribution is -1.98. The van der Waals surface area contributed by atoms with Crippen LogP contribution in [0.3, 0.4) is 0 Å². The molecule has 0 aromatic carbocycles. The molecule has 3 nitrogen and oxygen atoms in total. The van der Waals surface area contributed by atoms with Gasteiger partial charge in [-0.25, -0.2) is 9.78 Å². The highest BCUT2D eigenvalue weighted by atomic mass is 35.5. The van der Waals surface area contributed by atoms with Crippen LogP contribution in [0.25, 0.3) is 6.08 Å². The molecule has 4 heteroatoms. The van der Waals surface area contributed by atoms with Crippen molar-refractivity contribution in [2.24, 2.45) is 0 Å². The summed E-state index contributed by atoms with van der Waals surface area (Å²) in [6.45, 7) is 1.79. The summed E-state index contributed by atoms with van der Waals surface area (Å²) >= 11 is 5.60. The first kappa shape index (κ1) is 10.7. The van der Waals surface area contributed by atoms with Gasteiger partial charge in [-0.05, 0) is 24.1 Å². The van der Waals surface area contributed by atoms with Crippen molar-refractivity contribution in [1.82, 2.24) is 4.98 Å². The minimum atomic E-state index is -0.901. The number of carboxylic acids is 1. The van der Waals surface area contributed by atoms with Gasteiger partial charge in [0, 0.05) is 11.8 Å². The van der Waals surface area contributed by atoms with Crippen LogP contribution in [-0.2, 0) is 4.79 Å². The number of pyridine rings is 1. The maximum atomic E-state index is 10.7. The number of carbonyl (C=O) groups is 1. The monoisotopic (exact) mass is 211 g/mol. The third-order valence-corrected chi connectivity index (χ3v) is 1.97. The number of rotatable bonds is 3. The van der Waals surface area contributed by atoms with Crippen LogP contribution in [0.15, 0.2) is 23.9 Å². The highest BCUT2D eigenvalue weighted by Gasteiger charge is 2.03. The Morgan fingerprint density at radius 3 is 2.79 bits per heavy atom. The first-order valence-corrected chi connectivity index (χ1v) is 4.56. The van der Waals surface area contributed by atoms with Crippen LogP contribution in [0.1, 0.15) is 18.9 Å². The first-order chi connectivity index (χ1) is 6.63. The molecule has 1 N–H and O–H groups in total. The molecular formula is C10H10ClNO2. The van der Waals surface area contributed by atoms with Gasteiger partial charge in [0.2, 0.25) is 0 Å². The highest BCUT2D eigenvalue weighted by Crippen LogP contribution is 2.11. The van der Waals surface area contributed by atoms with Gasteiger partial charge in [0.15, 0.2) is 0 Å². The number of nitrogens with zero attached hydrogens (tertiary/aromatic N) is 1. The highest BCUT2D eigenvalue weighted by molar-refractivity contribution is 6.29. The quantitative estimate of drug-likeness (QED) is 0.618. The van der Waals surface area contributed by atoms with Crippen LogP contribution >= 0.6 is 11.6 Å². The van der Waals surface area contributed by atoms with Crippen LogP contribution in [0.4, 0.5) is 0 Å². The second kappa shape index (κ2) is 4.77. The molecule has 0 aliphatic rings. The molecule has 0 saturated heterocycles. The fraction of sp³-hybridized carbons (Fsp3) is 0.200. The number of hydrogen-bond donors (Lipinski definition) is 1. The molecule has 1 aromatic rings. The Hall–Kier alpha value is -1.35. The zero-order chi connectivity index (χ0) is 10.6. The average molecular weight is 212 g/mol. The standard InChI is InChI=1S/C10H10ClNO2/c1-2-8(10(13)14)5-7-3-4-9(11)12-6-7/h3-6H,2H2,1H3,(H,13,14)/b8-5+. The summed E-state index contributed by atoms with van der Waals surface area (Å²) < 4.78 is 0. The van der Waals surface area contributed by atoms with Gasteiger partial charge in [0.25, 0.3) is 0 Å². The molecule has 0 fully saturated rings. The number of aromatic nitrogens is 1. The van der Waals surface area contributed by atoms with Gasteiger partial charge in [-0.2, -0.15) is 0 Å². The predicted octanol–water partition coefficient (Wildman–Crippen LogP) is 2.61. The van der Waals surface area contributed by atoms with E-state index in [1.165, 1.54) is 0 Å². The van der Waals surface area contributed by atoms with E-state index in [-0.39, 0.29) is 0 Å². The molecule has 0 amide bonds. The molecule has 0 aliphatic carbocycles. The fourth-order valence-corrected chi connectivity index (χ4v) is 1.10. The molecule has 0 aliphatic heterocycles. The van der Waals surface area contributed by atoms with Crippen molar-refractivity contribution in [2.45, 2.75) is 13.3 Å². The summed E-state index contributed by atoms with van der Waals surface area (Å²) in [7, 11) is 0. The molecule has 0 unspecified atom stereocenters. The van der Waals surface area contributed by atoms with Gasteiger partial charge in [-0.1, -0.05) is 24.6 Å². The molecule has 1 heterocycles. The second-order valence-electron chi connectivity index (χ2n) is 2.74. The normalized spacial score (nSPS) is 11.4. The summed E-state index contributed by atoms with van der Waals surface area (Å²) in [5.41, 5.74) is 1.10. The lowest BCUT2D eigenvalue weighted by Gasteiger charge is -1.97. The molecule has 0 radical (unpaired) electrons. The Kier molecular flexibility index (Phi) is 3.65. The summed E-state index contributed by atoms with van der Waals surface area (Å²) in [5.74, 6) is -0.901. The van der Waals surface area contributed by atoms with Crippen LogP contribution < -0.4 is 0 Å². The Morgan fingerprint density at radius 1 is 1.64 bits per heavy atom. The van der Waals surface area contributed by atoms with Gasteiger partial charge in [0.05, 0.1) is 0 Å². The van der Waals surface area contributed by atoms with Crippen LogP contribution in [0.2, 0.25) is 5.15 Å². The van der Waals surface area contributed by atoms with E-state index in [0.717, 1.165) is 5.56 Å². The van der Waals surface area contributed by atoms with Crippen molar-refractivity contribution in [2.75, 3.05) is 0 Å². The van der Waals surface area contributed by atoms with Gasteiger partial charge in [-0.15, -0.1) is 0 Å². The third-order valence-electron chi connectivity index (χ3n) is 1.75. The predicted molar refractivity (Wildman–Crippen MR) is 55.2 cm³/mol. The largest absolute Gasteiger partial charge is 0.478 e. The average Bonchev–Trinajstić information content (AvgIpc) is 2.16. The smallest absolute Gasteiger partial charge is 0.331 e. The summed E-state index contributed by atoms with van der Waals surface area (Å²) in [4.78, 5) is 14.5. The Balaban J connectivity index is 2.95. The van der Waals surface area contributed by atoms with Crippen molar-refractivity contribution in [3.63, 3.8) is 0 Å². The number of halogens is 1. The van der Waals surface area contributed by atoms with Crippen LogP contribution in [0.5, 0.6) is 0 Å². The van der Waals surface area contributed by atoms with Crippen molar-refractivity contribution in [1.29, 1.82) is 0 Å². The van der Waals surface area contributed by atoms with Crippen LogP contribution in [-0.4, -0.2) is 16.1 Å². The van der Waals surface area contributed by atoms with E-state index >= 15 is 0 Å². The van der Waals surface area contributed by atoms with Crippen molar-refractivity contribution in [3.8, 4) is 0 Å². The van der Waals surface area contributed by atoms with E-state index in [2.05, 4.69) is 4.98 Å². The van der Waals surface area contributed by atoms with E-state index in [1.54, 1.807) is 31.3 Å². The summed E-state index contributed by atoms with van der Waals surface area (Å²) in [6.07, 6.45) is 3.62. The van der Waals surface area contributed by atoms with Crippen LogP contribution in [0, 0.1) is 0 Å². The maximum Gasteiger partial charge on any atom is 0.331 e. The third kappa shape index (κ3) is 2.85. The molecule has 0 saturated carbocycles. The lowest BCUT2D eigenvalue weighted by molar-refractivity contribution is -0.132. The zero-order valence-electron chi connectivity index (χ0n) is 7.70. The van der Waals surface area contributed by atoms with Gasteiger partial charge < -0.3 is 5.11 Å². The minimum Gasteiger partial charge on any atom is -0.478 e. The lowest BCUT2D eigenvalue weighted by atomic mass is 10.1. The van der Waals surface area contributed by atoms with E-state index in [1.807, 2.05) is 0 Å². The van der Waals surface area contributed by atoms with E-state index in [4.69, 9.17) is 16.7 Å². The van der Waals surface area contributed by atoms with Gasteiger partial charge >= 0.3 is 5.97 Å². The minimum absolute atomic E-state index is 0.356. The Labute approximate surface area is 87.0 Å². The number of hydrogen-bond acceptors (Lipinski definition) is 2. The molecule has 14 heavy (non-hydrogen) atoms. The maximum absolute atomic E-state index is 10.7. The van der Waals surface area contributed by atoms with E-state index in [0.29, 0.717) is 17.1 Å². The molecule has 0 bridgehead atoms. The topological polar surface area (TPSA) is 50.2 Å². The van der Waals surface area contributed by atoms with Crippen molar-refractivity contribution < 1.29 is 9.90 Å². The fourth-order valence-electron chi connectivity index (χ4n) is 0.989. The second-order valence-corrected chi connectivity index (χ2v) is 3.13. The summed E-state index contributed by atoms with van der Waals surface area (Å²) in [6, 6.07) is 3.36. The van der Waals surface area contributed by atoms with Crippen molar-refractivity contribution >= 4 is 23.6 Å². The molecule has 1 aromatic heterocycles. The molecule has 74 valence electrons. The van der Waals surface area contributed by atoms with Crippen molar-refractivity contribution in [3.05, 3.63) is 34.6 Å². The van der Waals surface area contributed by atoms with Gasteiger partial charge in [-0.3, -0.25) is 0 Å². The Morgan fingerprint density at radius 2 is 2.36 bits per heavy atom. The SMILES string of the molecule is CC/C(=C\c1ccc(Cl)nc1)C(=O)O. The van der Waals surface area contributed by atoms with Gasteiger partial charge in [0.1, 0.15) is 5.15 Å². The van der Waals surface area contributed by atoms with E-state index in [9.17, 15) is 4.79 Å².